The number of aryl methyl sites for hydroxylation is 1. The van der Waals surface area contributed by atoms with Crippen LogP contribution in [-0.2, 0) is 22.8 Å². The lowest BCUT2D eigenvalue weighted by Gasteiger charge is -2.53. The van der Waals surface area contributed by atoms with Crippen LogP contribution in [-0.4, -0.2) is 16.8 Å². The van der Waals surface area contributed by atoms with Crippen LogP contribution in [0.2, 0.25) is 0 Å². The van der Waals surface area contributed by atoms with Crippen LogP contribution in [0.25, 0.3) is 27.5 Å². The van der Waals surface area contributed by atoms with E-state index < -0.39 is 0 Å². The first-order valence-corrected chi connectivity index (χ1v) is 20.4. The number of aromatic nitrogens is 1. The van der Waals surface area contributed by atoms with Gasteiger partial charge in [-0.3, -0.25) is 0 Å². The molecule has 2 aliphatic carbocycles. The molecule has 1 aromatic heterocycles. The second-order valence-electron chi connectivity index (χ2n) is 18.2. The number of fused-ring (bicyclic) bond motifs is 15. The SMILES string of the molecule is CC12CCCCC1(C)N1c3cc(N4c5ccccc5C5(C)CCc6ccccc6C45C)cc4c3B(c3cccc2c31)c1cccc2c3ccccc3n-4c12. The Morgan fingerprint density at radius 1 is 0.556 bits per heavy atom. The molecule has 0 saturated heterocycles. The minimum absolute atomic E-state index is 0.0230. The Bertz CT molecular complexity index is 2850. The lowest BCUT2D eigenvalue weighted by Crippen LogP contribution is -2.64. The van der Waals surface area contributed by atoms with Crippen LogP contribution in [0.1, 0.15) is 82.1 Å². The molecule has 6 aromatic carbocycles. The molecule has 0 bridgehead atoms. The van der Waals surface area contributed by atoms with Gasteiger partial charge < -0.3 is 14.4 Å². The molecule has 1 fully saturated rings. The largest absolute Gasteiger partial charge is 0.335 e. The van der Waals surface area contributed by atoms with Crippen molar-refractivity contribution < 1.29 is 0 Å². The zero-order valence-corrected chi connectivity index (χ0v) is 31.7. The quantitative estimate of drug-likeness (QED) is 0.158. The van der Waals surface area contributed by atoms with Gasteiger partial charge >= 0.3 is 0 Å². The summed E-state index contributed by atoms with van der Waals surface area (Å²) in [5.74, 6) is 0. The van der Waals surface area contributed by atoms with Crippen molar-refractivity contribution in [1.29, 1.82) is 0 Å². The van der Waals surface area contributed by atoms with Gasteiger partial charge in [-0.25, -0.2) is 0 Å². The molecule has 0 spiro atoms. The maximum Gasteiger partial charge on any atom is 0.252 e. The lowest BCUT2D eigenvalue weighted by atomic mass is 9.33. The van der Waals surface area contributed by atoms with Gasteiger partial charge in [0.05, 0.1) is 16.6 Å². The topological polar surface area (TPSA) is 11.4 Å². The summed E-state index contributed by atoms with van der Waals surface area (Å²) in [5.41, 5.74) is 19.7. The standard InChI is InChI=1S/C50H44BN3/c1-47-26-11-12-27-49(47,3)54-43-30-32(53-41-24-10-8-19-36(41)48(2)28-25-31-15-5-7-18-35(31)50(48,53)4)29-42-44(43)51(39-22-14-20-37(47)46(39)54)38-21-13-17-34-33-16-6-9-23-40(33)52(42)45(34)38/h5-10,13-24,29-30H,11-12,25-28H2,1-4H3. The molecule has 54 heavy (non-hydrogen) atoms. The molecular formula is C50H44BN3. The zero-order valence-electron chi connectivity index (χ0n) is 31.7. The second kappa shape index (κ2) is 9.53. The molecule has 0 amide bonds. The van der Waals surface area contributed by atoms with E-state index in [0.717, 1.165) is 12.8 Å². The molecule has 4 heteroatoms. The Balaban J connectivity index is 1.20. The molecule has 4 unspecified atom stereocenters. The number of nitrogens with zero attached hydrogens (tertiary/aromatic N) is 3. The fourth-order valence-corrected chi connectivity index (χ4v) is 13.5. The van der Waals surface area contributed by atoms with E-state index in [1.807, 2.05) is 0 Å². The number of anilines is 4. The fourth-order valence-electron chi connectivity index (χ4n) is 13.5. The van der Waals surface area contributed by atoms with Crippen LogP contribution in [0.3, 0.4) is 0 Å². The van der Waals surface area contributed by atoms with E-state index in [9.17, 15) is 0 Å². The molecule has 262 valence electrons. The molecule has 4 atom stereocenters. The summed E-state index contributed by atoms with van der Waals surface area (Å²) in [4.78, 5) is 5.68. The highest BCUT2D eigenvalue weighted by molar-refractivity contribution is 7.00. The minimum atomic E-state index is -0.265. The number of benzene rings is 6. The second-order valence-corrected chi connectivity index (χ2v) is 18.2. The van der Waals surface area contributed by atoms with Crippen molar-refractivity contribution in [1.82, 2.24) is 4.57 Å². The van der Waals surface area contributed by atoms with Gasteiger partial charge in [0.1, 0.15) is 0 Å². The molecule has 0 radical (unpaired) electrons. The number of rotatable bonds is 1. The molecule has 13 rings (SSSR count). The Labute approximate surface area is 318 Å². The van der Waals surface area contributed by atoms with Crippen LogP contribution >= 0.6 is 0 Å². The van der Waals surface area contributed by atoms with Gasteiger partial charge in [-0.1, -0.05) is 124 Å². The normalized spacial score (nSPS) is 27.7. The maximum absolute atomic E-state index is 2.89. The van der Waals surface area contributed by atoms with Crippen LogP contribution in [0.5, 0.6) is 0 Å². The third-order valence-electron chi connectivity index (χ3n) is 16.4. The van der Waals surface area contributed by atoms with Crippen molar-refractivity contribution in [2.45, 2.75) is 88.1 Å². The van der Waals surface area contributed by atoms with Crippen molar-refractivity contribution in [3.05, 3.63) is 144 Å². The first kappa shape index (κ1) is 30.1. The Morgan fingerprint density at radius 3 is 2.17 bits per heavy atom. The van der Waals surface area contributed by atoms with Crippen molar-refractivity contribution in [2.75, 3.05) is 9.80 Å². The minimum Gasteiger partial charge on any atom is -0.335 e. The van der Waals surface area contributed by atoms with Gasteiger partial charge in [0.25, 0.3) is 6.71 Å². The van der Waals surface area contributed by atoms with Gasteiger partial charge in [0.2, 0.25) is 0 Å². The molecule has 1 saturated carbocycles. The summed E-state index contributed by atoms with van der Waals surface area (Å²) in [7, 11) is 0. The van der Waals surface area contributed by atoms with Gasteiger partial charge in [-0.2, -0.15) is 0 Å². The van der Waals surface area contributed by atoms with E-state index in [-0.39, 0.29) is 28.6 Å². The van der Waals surface area contributed by atoms with E-state index in [1.54, 1.807) is 5.56 Å². The third-order valence-corrected chi connectivity index (χ3v) is 16.4. The zero-order chi connectivity index (χ0) is 35.9. The molecule has 7 aromatic rings. The molecular weight excluding hydrogens is 653 g/mol. The molecule has 5 heterocycles. The Morgan fingerprint density at radius 2 is 1.26 bits per heavy atom. The van der Waals surface area contributed by atoms with Crippen molar-refractivity contribution >= 4 is 67.7 Å². The van der Waals surface area contributed by atoms with Gasteiger partial charge in [-0.05, 0) is 102 Å². The van der Waals surface area contributed by atoms with Crippen LogP contribution in [0, 0.1) is 0 Å². The predicted molar refractivity (Wildman–Crippen MR) is 226 cm³/mol. The van der Waals surface area contributed by atoms with Gasteiger partial charge in [0.15, 0.2) is 0 Å². The average molecular weight is 698 g/mol. The first-order chi connectivity index (χ1) is 26.3. The highest BCUT2D eigenvalue weighted by atomic mass is 15.3. The summed E-state index contributed by atoms with van der Waals surface area (Å²) in [6.07, 6.45) is 7.23. The van der Waals surface area contributed by atoms with Crippen molar-refractivity contribution in [3.63, 3.8) is 0 Å². The summed E-state index contributed by atoms with van der Waals surface area (Å²) in [6.45, 7) is 10.5. The van der Waals surface area contributed by atoms with E-state index in [4.69, 9.17) is 0 Å². The monoisotopic (exact) mass is 697 g/mol. The third kappa shape index (κ3) is 3.07. The van der Waals surface area contributed by atoms with E-state index >= 15 is 0 Å². The Hall–Kier alpha value is -5.22. The molecule has 4 aliphatic heterocycles. The van der Waals surface area contributed by atoms with Crippen LogP contribution < -0.4 is 26.2 Å². The first-order valence-electron chi connectivity index (χ1n) is 20.4. The molecule has 3 nitrogen and oxygen atoms in total. The average Bonchev–Trinajstić information content (AvgIpc) is 3.73. The predicted octanol–water partition coefficient (Wildman–Crippen LogP) is 9.94. The summed E-state index contributed by atoms with van der Waals surface area (Å²) in [6, 6.07) is 47.5. The number of para-hydroxylation sites is 4. The maximum atomic E-state index is 2.89. The summed E-state index contributed by atoms with van der Waals surface area (Å²) >= 11 is 0. The smallest absolute Gasteiger partial charge is 0.252 e. The van der Waals surface area contributed by atoms with E-state index in [0.29, 0.717) is 0 Å². The van der Waals surface area contributed by atoms with Crippen molar-refractivity contribution in [3.8, 4) is 5.69 Å². The fraction of sp³-hybridized carbons (Fsp3) is 0.280. The van der Waals surface area contributed by atoms with Crippen LogP contribution in [0.4, 0.5) is 22.7 Å². The number of hydrogen-bond donors (Lipinski definition) is 0. The van der Waals surface area contributed by atoms with E-state index in [2.05, 4.69) is 163 Å². The lowest BCUT2D eigenvalue weighted by molar-refractivity contribution is 0.195. The highest BCUT2D eigenvalue weighted by Gasteiger charge is 2.63. The highest BCUT2D eigenvalue weighted by Crippen LogP contribution is 2.65. The van der Waals surface area contributed by atoms with Gasteiger partial charge in [0, 0.05) is 55.6 Å². The Kier molecular flexibility index (Phi) is 5.32. The van der Waals surface area contributed by atoms with Gasteiger partial charge in [-0.15, -0.1) is 0 Å². The van der Waals surface area contributed by atoms with Crippen molar-refractivity contribution in [2.24, 2.45) is 0 Å². The van der Waals surface area contributed by atoms with Crippen LogP contribution in [0.15, 0.2) is 121 Å². The summed E-state index contributed by atoms with van der Waals surface area (Å²) < 4.78 is 2.66. The number of hydrogen-bond acceptors (Lipinski definition) is 2. The van der Waals surface area contributed by atoms with E-state index in [1.165, 1.54) is 109 Å². The molecule has 6 aliphatic rings. The molecule has 0 N–H and O–H groups in total. The summed E-state index contributed by atoms with van der Waals surface area (Å²) in [5, 5.41) is 2.69.